The molecule has 1 aliphatic rings. The van der Waals surface area contributed by atoms with Gasteiger partial charge in [-0.05, 0) is 48.8 Å². The lowest BCUT2D eigenvalue weighted by Gasteiger charge is -2.21. The molecule has 0 N–H and O–H groups in total. The van der Waals surface area contributed by atoms with Gasteiger partial charge in [0.1, 0.15) is 0 Å². The summed E-state index contributed by atoms with van der Waals surface area (Å²) >= 11 is 0. The summed E-state index contributed by atoms with van der Waals surface area (Å²) in [6, 6.07) is 17.7. The predicted octanol–water partition coefficient (Wildman–Crippen LogP) is 7.02. The third-order valence-corrected chi connectivity index (χ3v) is 7.66. The van der Waals surface area contributed by atoms with Crippen LogP contribution in [0, 0.1) is 19.3 Å². The molecule has 1 heterocycles. The minimum Gasteiger partial charge on any atom is -0.319 e. The molecule has 140 valence electrons. The molecule has 0 saturated carbocycles. The van der Waals surface area contributed by atoms with Gasteiger partial charge in [-0.2, -0.15) is 0 Å². The lowest BCUT2D eigenvalue weighted by Crippen LogP contribution is -2.24. The van der Waals surface area contributed by atoms with Crippen molar-refractivity contribution in [2.24, 2.45) is 10.1 Å². The number of aryl methyl sites for hydroxylation is 2. The minimum absolute atomic E-state index is 0.0314. The molecule has 0 saturated heterocycles. The Labute approximate surface area is 165 Å². The van der Waals surface area contributed by atoms with Crippen LogP contribution in [-0.2, 0) is 0 Å². The van der Waals surface area contributed by atoms with Gasteiger partial charge in [0, 0.05) is 11.1 Å². The Hall–Kier alpha value is -2.19. The van der Waals surface area contributed by atoms with E-state index in [0.29, 0.717) is 0 Å². The van der Waals surface area contributed by atoms with Crippen molar-refractivity contribution in [3.63, 3.8) is 0 Å². The minimum atomic E-state index is -1.89. The molecule has 0 radical (unpaired) electrons. The molecule has 0 unspecified atom stereocenters. The summed E-state index contributed by atoms with van der Waals surface area (Å²) in [7, 11) is -1.89. The SMILES string of the molecule is Cc1ccc(/C=C/C2=C(c3ccc(C)cc3)[Si](C)(C)N=C2C(C)(C)C)cc1. The molecule has 0 aliphatic carbocycles. The van der Waals surface area contributed by atoms with Crippen LogP contribution >= 0.6 is 0 Å². The molecule has 1 nitrogen and oxygen atoms in total. The molecule has 27 heavy (non-hydrogen) atoms. The highest BCUT2D eigenvalue weighted by atomic mass is 28.3. The zero-order chi connectivity index (χ0) is 19.8. The van der Waals surface area contributed by atoms with Gasteiger partial charge in [0.05, 0.1) is 0 Å². The quantitative estimate of drug-likeness (QED) is 0.513. The zero-order valence-corrected chi connectivity index (χ0v) is 18.7. The number of allylic oxidation sites excluding steroid dienone is 2. The van der Waals surface area contributed by atoms with Crippen molar-refractivity contribution in [2.75, 3.05) is 0 Å². The fourth-order valence-corrected chi connectivity index (χ4v) is 6.52. The van der Waals surface area contributed by atoms with E-state index >= 15 is 0 Å². The summed E-state index contributed by atoms with van der Waals surface area (Å²) in [5, 5.41) is 1.45. The van der Waals surface area contributed by atoms with Gasteiger partial charge in [0.25, 0.3) is 0 Å². The van der Waals surface area contributed by atoms with Crippen LogP contribution in [0.25, 0.3) is 11.3 Å². The van der Waals surface area contributed by atoms with Crippen molar-refractivity contribution < 1.29 is 0 Å². The van der Waals surface area contributed by atoms with E-state index in [1.807, 2.05) is 0 Å². The van der Waals surface area contributed by atoms with Gasteiger partial charge in [0.15, 0.2) is 0 Å². The van der Waals surface area contributed by atoms with Crippen LogP contribution in [-0.4, -0.2) is 13.9 Å². The summed E-state index contributed by atoms with van der Waals surface area (Å²) in [6.45, 7) is 15.8. The maximum atomic E-state index is 5.31. The lowest BCUT2D eigenvalue weighted by molar-refractivity contribution is 0.594. The third kappa shape index (κ3) is 4.22. The summed E-state index contributed by atoms with van der Waals surface area (Å²) in [4.78, 5) is 0. The van der Waals surface area contributed by atoms with E-state index in [0.717, 1.165) is 0 Å². The summed E-state index contributed by atoms with van der Waals surface area (Å²) < 4.78 is 5.31. The van der Waals surface area contributed by atoms with Crippen molar-refractivity contribution in [3.05, 3.63) is 82.4 Å². The first-order valence-electron chi connectivity index (χ1n) is 9.75. The van der Waals surface area contributed by atoms with Crippen LogP contribution < -0.4 is 0 Å². The fraction of sp³-hybridized carbons (Fsp3) is 0.320. The van der Waals surface area contributed by atoms with Crippen LogP contribution in [0.2, 0.25) is 13.1 Å². The average Bonchev–Trinajstić information content (AvgIpc) is 2.86. The highest BCUT2D eigenvalue weighted by Crippen LogP contribution is 2.41. The molecule has 1 aliphatic heterocycles. The van der Waals surface area contributed by atoms with E-state index in [1.54, 1.807) is 0 Å². The van der Waals surface area contributed by atoms with Gasteiger partial charge in [-0.1, -0.05) is 92.6 Å². The number of benzene rings is 2. The zero-order valence-electron chi connectivity index (χ0n) is 17.7. The van der Waals surface area contributed by atoms with Crippen LogP contribution in [0.3, 0.4) is 0 Å². The van der Waals surface area contributed by atoms with Crippen LogP contribution in [0.5, 0.6) is 0 Å². The second-order valence-corrected chi connectivity index (χ2v) is 13.0. The second-order valence-electron chi connectivity index (χ2n) is 9.17. The normalized spacial score (nSPS) is 16.9. The fourth-order valence-electron chi connectivity index (χ4n) is 3.66. The van der Waals surface area contributed by atoms with E-state index in [4.69, 9.17) is 4.66 Å². The van der Waals surface area contributed by atoms with Crippen molar-refractivity contribution in [1.82, 2.24) is 0 Å². The smallest absolute Gasteiger partial charge is 0.207 e. The van der Waals surface area contributed by atoms with Gasteiger partial charge >= 0.3 is 0 Å². The van der Waals surface area contributed by atoms with Gasteiger partial charge in [-0.3, -0.25) is 0 Å². The van der Waals surface area contributed by atoms with E-state index in [1.165, 1.54) is 38.7 Å². The Kier molecular flexibility index (Phi) is 5.13. The van der Waals surface area contributed by atoms with Crippen molar-refractivity contribution in [3.8, 4) is 0 Å². The molecule has 0 fully saturated rings. The third-order valence-electron chi connectivity index (χ3n) is 5.10. The van der Waals surface area contributed by atoms with Gasteiger partial charge < -0.3 is 4.66 Å². The molecule has 2 heteroatoms. The molecule has 0 amide bonds. The Morgan fingerprint density at radius 2 is 1.30 bits per heavy atom. The van der Waals surface area contributed by atoms with Crippen molar-refractivity contribution in [1.29, 1.82) is 0 Å². The Morgan fingerprint density at radius 1 is 0.778 bits per heavy atom. The van der Waals surface area contributed by atoms with Crippen LogP contribution in [0.4, 0.5) is 0 Å². The maximum absolute atomic E-state index is 5.31. The predicted molar refractivity (Wildman–Crippen MR) is 123 cm³/mol. The molecule has 0 bridgehead atoms. The van der Waals surface area contributed by atoms with E-state index in [9.17, 15) is 0 Å². The van der Waals surface area contributed by atoms with Gasteiger partial charge in [-0.25, -0.2) is 0 Å². The summed E-state index contributed by atoms with van der Waals surface area (Å²) in [5.74, 6) is 0. The lowest BCUT2D eigenvalue weighted by atomic mass is 9.84. The molecule has 0 atom stereocenters. The van der Waals surface area contributed by atoms with Crippen LogP contribution in [0.15, 0.2) is 64.8 Å². The Morgan fingerprint density at radius 3 is 1.81 bits per heavy atom. The molecule has 0 aromatic heterocycles. The monoisotopic (exact) mass is 373 g/mol. The Balaban J connectivity index is 2.16. The van der Waals surface area contributed by atoms with Crippen molar-refractivity contribution in [2.45, 2.75) is 47.7 Å². The molecular weight excluding hydrogens is 342 g/mol. The largest absolute Gasteiger partial charge is 0.319 e. The summed E-state index contributed by atoms with van der Waals surface area (Å²) in [5.41, 5.74) is 7.74. The van der Waals surface area contributed by atoms with Gasteiger partial charge in [-0.15, -0.1) is 0 Å². The van der Waals surface area contributed by atoms with E-state index < -0.39 is 8.24 Å². The standard InChI is InChI=1S/C25H31NSi/c1-18-8-12-20(13-9-18)14-17-22-23(21-15-10-19(2)11-16-21)27(6,7)26-24(22)25(3,4)5/h8-17H,1-7H3/b17-14+. The first kappa shape index (κ1) is 19.6. The molecule has 2 aromatic rings. The van der Waals surface area contributed by atoms with Crippen molar-refractivity contribution >= 4 is 25.2 Å². The first-order chi connectivity index (χ1) is 12.6. The molecule has 3 rings (SSSR count). The van der Waals surface area contributed by atoms with E-state index in [2.05, 4.69) is 108 Å². The molecule has 2 aromatic carbocycles. The van der Waals surface area contributed by atoms with E-state index in [-0.39, 0.29) is 5.41 Å². The highest BCUT2D eigenvalue weighted by Gasteiger charge is 2.40. The van der Waals surface area contributed by atoms with Gasteiger partial charge in [0.2, 0.25) is 8.24 Å². The number of hydrogen-bond acceptors (Lipinski definition) is 1. The number of nitrogens with zero attached hydrogens (tertiary/aromatic N) is 1. The maximum Gasteiger partial charge on any atom is 0.207 e. The number of rotatable bonds is 3. The van der Waals surface area contributed by atoms with Crippen LogP contribution in [0.1, 0.15) is 43.0 Å². The highest BCUT2D eigenvalue weighted by molar-refractivity contribution is 6.96. The average molecular weight is 374 g/mol. The second kappa shape index (κ2) is 7.08. The summed E-state index contributed by atoms with van der Waals surface area (Å²) in [6.07, 6.45) is 4.53. The topological polar surface area (TPSA) is 12.4 Å². The molecular formula is C25H31NSi. The molecule has 0 spiro atoms. The first-order valence-corrected chi connectivity index (χ1v) is 12.7. The number of hydrogen-bond donors (Lipinski definition) is 0. The Bertz CT molecular complexity index is 918.